The Hall–Kier alpha value is -2.99. The lowest BCUT2D eigenvalue weighted by atomic mass is 9.78. The predicted octanol–water partition coefficient (Wildman–Crippen LogP) is 5.33. The van der Waals surface area contributed by atoms with E-state index in [1.165, 1.54) is 23.8 Å². The summed E-state index contributed by atoms with van der Waals surface area (Å²) in [4.78, 5) is 29.0. The molecular weight excluding hydrogens is 418 g/mol. The molecule has 0 atom stereocenters. The van der Waals surface area contributed by atoms with Gasteiger partial charge in [-0.25, -0.2) is 4.98 Å². The number of carbonyl (C=O) groups is 2. The Balaban J connectivity index is 1.40. The summed E-state index contributed by atoms with van der Waals surface area (Å²) in [6.45, 7) is 2.23. The summed E-state index contributed by atoms with van der Waals surface area (Å²) >= 11 is 1.47. The lowest BCUT2D eigenvalue weighted by Crippen LogP contribution is -2.37. The topological polar surface area (TPSA) is 71.1 Å². The van der Waals surface area contributed by atoms with Gasteiger partial charge < -0.3 is 10.6 Å². The van der Waals surface area contributed by atoms with Crippen molar-refractivity contribution in [2.45, 2.75) is 50.9 Å². The Labute approximate surface area is 193 Å². The molecule has 1 heterocycles. The van der Waals surface area contributed by atoms with Crippen LogP contribution in [0.15, 0.2) is 60.0 Å². The van der Waals surface area contributed by atoms with Gasteiger partial charge in [-0.1, -0.05) is 67.4 Å². The third-order valence-corrected chi connectivity index (χ3v) is 6.97. The van der Waals surface area contributed by atoms with Crippen LogP contribution < -0.4 is 10.6 Å². The largest absolute Gasteiger partial charge is 0.356 e. The van der Waals surface area contributed by atoms with Crippen LogP contribution >= 0.6 is 11.3 Å². The van der Waals surface area contributed by atoms with Gasteiger partial charge in [-0.2, -0.15) is 0 Å². The smallest absolute Gasteiger partial charge is 0.236 e. The van der Waals surface area contributed by atoms with E-state index in [0.717, 1.165) is 55.3 Å². The monoisotopic (exact) mass is 447 g/mol. The number of thiazole rings is 1. The molecule has 6 heteroatoms. The zero-order valence-electron chi connectivity index (χ0n) is 18.4. The highest BCUT2D eigenvalue weighted by molar-refractivity contribution is 7.14. The van der Waals surface area contributed by atoms with Crippen molar-refractivity contribution < 1.29 is 9.59 Å². The van der Waals surface area contributed by atoms with Crippen LogP contribution in [-0.2, 0) is 21.4 Å². The van der Waals surface area contributed by atoms with Crippen molar-refractivity contribution in [2.75, 3.05) is 11.9 Å². The third-order valence-electron chi connectivity index (χ3n) is 6.21. The number of hydrogen-bond donors (Lipinski definition) is 2. The van der Waals surface area contributed by atoms with Crippen molar-refractivity contribution in [3.05, 3.63) is 71.1 Å². The van der Waals surface area contributed by atoms with Crippen molar-refractivity contribution in [2.24, 2.45) is 0 Å². The Bertz CT molecular complexity index is 1050. The van der Waals surface area contributed by atoms with Crippen LogP contribution in [0, 0.1) is 0 Å². The zero-order valence-corrected chi connectivity index (χ0v) is 19.2. The van der Waals surface area contributed by atoms with Gasteiger partial charge in [-0.15, -0.1) is 11.3 Å². The maximum Gasteiger partial charge on any atom is 0.236 e. The number of rotatable bonds is 8. The van der Waals surface area contributed by atoms with E-state index in [9.17, 15) is 9.59 Å². The van der Waals surface area contributed by atoms with Gasteiger partial charge in [0.1, 0.15) is 0 Å². The highest BCUT2D eigenvalue weighted by Crippen LogP contribution is 2.42. The van der Waals surface area contributed by atoms with E-state index < -0.39 is 5.41 Å². The number of carbonyl (C=O) groups excluding carboxylic acids is 2. The number of amides is 2. The molecule has 1 aliphatic rings. The summed E-state index contributed by atoms with van der Waals surface area (Å²) in [6, 6.07) is 18.5. The number of nitrogens with zero attached hydrogens (tertiary/aromatic N) is 1. The lowest BCUT2D eigenvalue weighted by Gasteiger charge is -2.27. The fraction of sp³-hybridized carbons (Fsp3) is 0.346. The Morgan fingerprint density at radius 2 is 1.75 bits per heavy atom. The van der Waals surface area contributed by atoms with Crippen LogP contribution in [0.1, 0.15) is 50.2 Å². The van der Waals surface area contributed by atoms with Crippen molar-refractivity contribution in [3.8, 4) is 11.3 Å². The Morgan fingerprint density at radius 3 is 2.44 bits per heavy atom. The van der Waals surface area contributed by atoms with Crippen LogP contribution in [0.3, 0.4) is 0 Å². The van der Waals surface area contributed by atoms with Gasteiger partial charge >= 0.3 is 0 Å². The van der Waals surface area contributed by atoms with Gasteiger partial charge in [-0.05, 0) is 36.8 Å². The van der Waals surface area contributed by atoms with Crippen molar-refractivity contribution in [3.63, 3.8) is 0 Å². The minimum atomic E-state index is -0.452. The van der Waals surface area contributed by atoms with E-state index >= 15 is 0 Å². The molecule has 4 rings (SSSR count). The molecule has 1 aromatic heterocycles. The summed E-state index contributed by atoms with van der Waals surface area (Å²) < 4.78 is 0. The second-order valence-electron chi connectivity index (χ2n) is 8.43. The molecular formula is C26H29N3O2S. The molecule has 1 aliphatic carbocycles. The predicted molar refractivity (Wildman–Crippen MR) is 130 cm³/mol. The first-order valence-electron chi connectivity index (χ1n) is 11.2. The minimum absolute atomic E-state index is 0.00870. The van der Waals surface area contributed by atoms with E-state index in [-0.39, 0.29) is 11.8 Å². The van der Waals surface area contributed by atoms with Crippen LogP contribution in [0.5, 0.6) is 0 Å². The quantitative estimate of drug-likeness (QED) is 0.459. The van der Waals surface area contributed by atoms with E-state index in [2.05, 4.69) is 52.0 Å². The highest BCUT2D eigenvalue weighted by Gasteiger charge is 2.42. The van der Waals surface area contributed by atoms with E-state index in [4.69, 9.17) is 0 Å². The normalized spacial score (nSPS) is 14.8. The van der Waals surface area contributed by atoms with Crippen LogP contribution in [-0.4, -0.2) is 23.3 Å². The molecule has 2 N–H and O–H groups in total. The van der Waals surface area contributed by atoms with Crippen molar-refractivity contribution in [1.82, 2.24) is 10.3 Å². The first kappa shape index (κ1) is 22.2. The average Bonchev–Trinajstić information content (AvgIpc) is 3.48. The number of nitrogens with one attached hydrogen (secondary N) is 2. The van der Waals surface area contributed by atoms with Gasteiger partial charge in [0.25, 0.3) is 0 Å². The summed E-state index contributed by atoms with van der Waals surface area (Å²) in [5.41, 5.74) is 3.78. The lowest BCUT2D eigenvalue weighted by molar-refractivity contribution is -0.121. The number of aromatic nitrogens is 1. The SMILES string of the molecule is CC(=O)NCCCc1ccc(-c2csc(NC(=O)C3(c4ccccc4)CCCC3)n2)cc1. The summed E-state index contributed by atoms with van der Waals surface area (Å²) in [5, 5.41) is 8.56. The third kappa shape index (κ3) is 5.07. The highest BCUT2D eigenvalue weighted by atomic mass is 32.1. The van der Waals surface area contributed by atoms with Gasteiger partial charge in [0.05, 0.1) is 11.1 Å². The van der Waals surface area contributed by atoms with E-state index in [1.807, 2.05) is 23.6 Å². The fourth-order valence-corrected chi connectivity index (χ4v) is 5.18. The molecule has 5 nitrogen and oxygen atoms in total. The molecule has 0 saturated heterocycles. The van der Waals surface area contributed by atoms with Gasteiger partial charge in [0, 0.05) is 24.4 Å². The molecule has 0 unspecified atom stereocenters. The summed E-state index contributed by atoms with van der Waals surface area (Å²) in [6.07, 6.45) is 5.73. The molecule has 0 bridgehead atoms. The average molecular weight is 448 g/mol. The molecule has 3 aromatic rings. The standard InChI is InChI=1S/C26H29N3O2S/c1-19(30)27-17-7-8-20-11-13-21(14-12-20)23-18-32-25(28-23)29-24(31)26(15-5-6-16-26)22-9-3-2-4-10-22/h2-4,9-14,18H,5-8,15-17H2,1H3,(H,27,30)(H,28,29,31). The molecule has 0 radical (unpaired) electrons. The molecule has 32 heavy (non-hydrogen) atoms. The van der Waals surface area contributed by atoms with Crippen molar-refractivity contribution in [1.29, 1.82) is 0 Å². The molecule has 2 amide bonds. The van der Waals surface area contributed by atoms with Gasteiger partial charge in [0.2, 0.25) is 11.8 Å². The molecule has 0 aliphatic heterocycles. The van der Waals surface area contributed by atoms with E-state index in [0.29, 0.717) is 11.7 Å². The van der Waals surface area contributed by atoms with Crippen LogP contribution in [0.2, 0.25) is 0 Å². The first-order valence-corrected chi connectivity index (χ1v) is 12.1. The molecule has 1 fully saturated rings. The zero-order chi connectivity index (χ0) is 22.4. The van der Waals surface area contributed by atoms with E-state index in [1.54, 1.807) is 0 Å². The number of anilines is 1. The van der Waals surface area contributed by atoms with Crippen LogP contribution in [0.4, 0.5) is 5.13 Å². The molecule has 1 saturated carbocycles. The van der Waals surface area contributed by atoms with Crippen LogP contribution in [0.25, 0.3) is 11.3 Å². The maximum absolute atomic E-state index is 13.3. The molecule has 2 aromatic carbocycles. The Kier molecular flexibility index (Phi) is 7.00. The second kappa shape index (κ2) is 10.1. The summed E-state index contributed by atoms with van der Waals surface area (Å²) in [7, 11) is 0. The number of hydrogen-bond acceptors (Lipinski definition) is 4. The Morgan fingerprint density at radius 1 is 1.03 bits per heavy atom. The van der Waals surface area contributed by atoms with Gasteiger partial charge in [-0.3, -0.25) is 9.59 Å². The minimum Gasteiger partial charge on any atom is -0.356 e. The van der Waals surface area contributed by atoms with Gasteiger partial charge in [0.15, 0.2) is 5.13 Å². The summed E-state index contributed by atoms with van der Waals surface area (Å²) in [5.74, 6) is 0.0611. The van der Waals surface area contributed by atoms with Crippen molar-refractivity contribution >= 4 is 28.3 Å². The number of benzene rings is 2. The number of aryl methyl sites for hydroxylation is 1. The fourth-order valence-electron chi connectivity index (χ4n) is 4.46. The second-order valence-corrected chi connectivity index (χ2v) is 9.29. The first-order chi connectivity index (χ1) is 15.6. The molecule has 0 spiro atoms. The molecule has 166 valence electrons. The maximum atomic E-state index is 13.3.